The summed E-state index contributed by atoms with van der Waals surface area (Å²) in [7, 11) is 0. The highest BCUT2D eigenvalue weighted by Crippen LogP contribution is 2.20. The number of carbonyl (C=O) groups is 1. The molecule has 0 N–H and O–H groups in total. The summed E-state index contributed by atoms with van der Waals surface area (Å²) in [6.45, 7) is 2.25. The number of esters is 1. The molecule has 0 saturated carbocycles. The van der Waals surface area contributed by atoms with Crippen molar-refractivity contribution < 1.29 is 9.53 Å². The third-order valence-electron chi connectivity index (χ3n) is 2.56. The molecule has 0 aliphatic rings. The number of aromatic nitrogens is 2. The smallest absolute Gasteiger partial charge is 0.315 e. The van der Waals surface area contributed by atoms with E-state index in [1.807, 2.05) is 35.9 Å². The fraction of sp³-hybridized carbons (Fsp3) is 0.286. The number of ether oxygens (including phenoxy) is 1. The molecule has 100 valence electrons. The minimum atomic E-state index is -0.160. The second kappa shape index (κ2) is 6.99. The molecule has 19 heavy (non-hydrogen) atoms. The van der Waals surface area contributed by atoms with Gasteiger partial charge in [0.15, 0.2) is 0 Å². The topological polar surface area (TPSA) is 44.1 Å². The molecule has 5 heteroatoms. The van der Waals surface area contributed by atoms with E-state index in [1.165, 1.54) is 5.56 Å². The van der Waals surface area contributed by atoms with E-state index in [-0.39, 0.29) is 5.97 Å². The highest BCUT2D eigenvalue weighted by Gasteiger charge is 2.06. The van der Waals surface area contributed by atoms with Crippen molar-refractivity contribution in [2.75, 3.05) is 12.4 Å². The highest BCUT2D eigenvalue weighted by atomic mass is 32.2. The maximum absolute atomic E-state index is 11.3. The minimum absolute atomic E-state index is 0.160. The zero-order valence-corrected chi connectivity index (χ0v) is 11.6. The molecular formula is C14H16N2O2S. The van der Waals surface area contributed by atoms with Gasteiger partial charge < -0.3 is 9.30 Å². The van der Waals surface area contributed by atoms with Gasteiger partial charge in [-0.2, -0.15) is 0 Å². The van der Waals surface area contributed by atoms with Crippen LogP contribution in [0, 0.1) is 0 Å². The van der Waals surface area contributed by atoms with Crippen LogP contribution >= 0.6 is 11.8 Å². The molecule has 1 aromatic carbocycles. The van der Waals surface area contributed by atoms with Crippen molar-refractivity contribution in [2.24, 2.45) is 0 Å². The fourth-order valence-corrected chi connectivity index (χ4v) is 2.55. The predicted octanol–water partition coefficient (Wildman–Crippen LogP) is 2.67. The van der Waals surface area contributed by atoms with E-state index in [2.05, 4.69) is 11.1 Å². The lowest BCUT2D eigenvalue weighted by Crippen LogP contribution is -2.07. The highest BCUT2D eigenvalue weighted by molar-refractivity contribution is 7.99. The van der Waals surface area contributed by atoms with Crippen molar-refractivity contribution >= 4 is 17.7 Å². The number of thioether (sulfide) groups is 1. The van der Waals surface area contributed by atoms with Crippen LogP contribution in [0.5, 0.6) is 0 Å². The van der Waals surface area contributed by atoms with E-state index in [1.54, 1.807) is 24.3 Å². The number of rotatable bonds is 6. The Morgan fingerprint density at radius 1 is 1.42 bits per heavy atom. The largest absolute Gasteiger partial charge is 0.465 e. The first kappa shape index (κ1) is 13.7. The summed E-state index contributed by atoms with van der Waals surface area (Å²) in [5.41, 5.74) is 2.27. The van der Waals surface area contributed by atoms with Gasteiger partial charge in [-0.3, -0.25) is 4.79 Å². The van der Waals surface area contributed by atoms with Gasteiger partial charge in [0.1, 0.15) is 0 Å². The Balaban J connectivity index is 1.99. The van der Waals surface area contributed by atoms with Crippen molar-refractivity contribution in [2.45, 2.75) is 12.7 Å². The van der Waals surface area contributed by atoms with Gasteiger partial charge >= 0.3 is 5.97 Å². The maximum atomic E-state index is 11.3. The van der Waals surface area contributed by atoms with Crippen LogP contribution in [0.25, 0.3) is 5.69 Å². The van der Waals surface area contributed by atoms with Gasteiger partial charge in [-0.15, -0.1) is 11.8 Å². The van der Waals surface area contributed by atoms with Crippen molar-refractivity contribution in [1.82, 2.24) is 9.55 Å². The Bertz CT molecular complexity index is 526. The lowest BCUT2D eigenvalue weighted by molar-refractivity contribution is -0.139. The number of imidazole rings is 1. The van der Waals surface area contributed by atoms with Crippen molar-refractivity contribution in [1.29, 1.82) is 0 Å². The summed E-state index contributed by atoms with van der Waals surface area (Å²) in [6.07, 6.45) is 5.44. The Morgan fingerprint density at radius 3 is 3.00 bits per heavy atom. The zero-order valence-electron chi connectivity index (χ0n) is 10.8. The number of hydrogen-bond donors (Lipinski definition) is 0. The van der Waals surface area contributed by atoms with E-state index in [4.69, 9.17) is 4.74 Å². The molecule has 0 unspecified atom stereocenters. The minimum Gasteiger partial charge on any atom is -0.465 e. The number of para-hydroxylation sites is 1. The molecule has 0 atom stereocenters. The molecule has 0 aliphatic carbocycles. The van der Waals surface area contributed by atoms with Gasteiger partial charge in [0.2, 0.25) is 0 Å². The van der Waals surface area contributed by atoms with E-state index in [9.17, 15) is 4.79 Å². The van der Waals surface area contributed by atoms with E-state index in [0.717, 1.165) is 11.4 Å². The lowest BCUT2D eigenvalue weighted by atomic mass is 10.2. The quantitative estimate of drug-likeness (QED) is 0.761. The molecule has 0 radical (unpaired) electrons. The summed E-state index contributed by atoms with van der Waals surface area (Å²) in [4.78, 5) is 15.3. The number of hydrogen-bond acceptors (Lipinski definition) is 4. The van der Waals surface area contributed by atoms with E-state index < -0.39 is 0 Å². The molecular weight excluding hydrogens is 260 g/mol. The molecule has 1 aromatic heterocycles. The van der Waals surface area contributed by atoms with Crippen LogP contribution in [-0.4, -0.2) is 27.9 Å². The zero-order chi connectivity index (χ0) is 13.5. The van der Waals surface area contributed by atoms with Crippen LogP contribution in [0.15, 0.2) is 43.0 Å². The number of nitrogens with zero attached hydrogens (tertiary/aromatic N) is 2. The molecule has 0 spiro atoms. The standard InChI is InChI=1S/C14H16N2O2S/c1-2-18-14(17)10-19-9-12-5-3-4-6-13(12)16-8-7-15-11-16/h3-8,11H,2,9-10H2,1H3. The molecule has 0 fully saturated rings. The first-order valence-electron chi connectivity index (χ1n) is 6.11. The van der Waals surface area contributed by atoms with E-state index in [0.29, 0.717) is 12.4 Å². The second-order valence-corrected chi connectivity index (χ2v) is 4.88. The van der Waals surface area contributed by atoms with Crippen LogP contribution < -0.4 is 0 Å². The fourth-order valence-electron chi connectivity index (χ4n) is 1.73. The van der Waals surface area contributed by atoms with Gasteiger partial charge in [-0.05, 0) is 18.6 Å². The third kappa shape index (κ3) is 3.86. The predicted molar refractivity (Wildman–Crippen MR) is 76.4 cm³/mol. The first-order chi connectivity index (χ1) is 9.31. The molecule has 0 amide bonds. The Kier molecular flexibility index (Phi) is 5.03. The normalized spacial score (nSPS) is 10.4. The summed E-state index contributed by atoms with van der Waals surface area (Å²) in [5, 5.41) is 0. The summed E-state index contributed by atoms with van der Waals surface area (Å²) in [6, 6.07) is 8.10. The van der Waals surface area contributed by atoms with Gasteiger partial charge in [0.05, 0.1) is 24.4 Å². The molecule has 2 aromatic rings. The van der Waals surface area contributed by atoms with Crippen molar-refractivity contribution in [3.05, 3.63) is 48.5 Å². The first-order valence-corrected chi connectivity index (χ1v) is 7.26. The van der Waals surface area contributed by atoms with Crippen LogP contribution in [-0.2, 0) is 15.3 Å². The third-order valence-corrected chi connectivity index (χ3v) is 3.51. The average molecular weight is 276 g/mol. The van der Waals surface area contributed by atoms with Crippen LogP contribution in [0.1, 0.15) is 12.5 Å². The maximum Gasteiger partial charge on any atom is 0.315 e. The van der Waals surface area contributed by atoms with Gasteiger partial charge in [0.25, 0.3) is 0 Å². The van der Waals surface area contributed by atoms with Gasteiger partial charge in [-0.1, -0.05) is 18.2 Å². The van der Waals surface area contributed by atoms with E-state index >= 15 is 0 Å². The summed E-state index contributed by atoms with van der Waals surface area (Å²) < 4.78 is 6.88. The van der Waals surface area contributed by atoms with Crippen LogP contribution in [0.4, 0.5) is 0 Å². The molecule has 0 saturated heterocycles. The Hall–Kier alpha value is -1.75. The Morgan fingerprint density at radius 2 is 2.26 bits per heavy atom. The molecule has 0 bridgehead atoms. The van der Waals surface area contributed by atoms with Gasteiger partial charge in [0, 0.05) is 18.1 Å². The molecule has 2 rings (SSSR count). The SMILES string of the molecule is CCOC(=O)CSCc1ccccc1-n1ccnc1. The molecule has 0 aliphatic heterocycles. The van der Waals surface area contributed by atoms with Crippen molar-refractivity contribution in [3.63, 3.8) is 0 Å². The lowest BCUT2D eigenvalue weighted by Gasteiger charge is -2.09. The average Bonchev–Trinajstić information content (AvgIpc) is 2.93. The van der Waals surface area contributed by atoms with Crippen LogP contribution in [0.2, 0.25) is 0 Å². The molecule has 1 heterocycles. The van der Waals surface area contributed by atoms with Gasteiger partial charge in [-0.25, -0.2) is 4.98 Å². The second-order valence-electron chi connectivity index (χ2n) is 3.90. The van der Waals surface area contributed by atoms with Crippen molar-refractivity contribution in [3.8, 4) is 5.69 Å². The van der Waals surface area contributed by atoms with Crippen LogP contribution in [0.3, 0.4) is 0 Å². The summed E-state index contributed by atoms with van der Waals surface area (Å²) >= 11 is 1.56. The Labute approximate surface area is 116 Å². The molecule has 4 nitrogen and oxygen atoms in total. The number of benzene rings is 1. The summed E-state index contributed by atoms with van der Waals surface area (Å²) in [5.74, 6) is 0.992. The monoisotopic (exact) mass is 276 g/mol. The number of carbonyl (C=O) groups excluding carboxylic acids is 1.